The Hall–Kier alpha value is -0.300. The van der Waals surface area contributed by atoms with E-state index in [0.717, 1.165) is 23.7 Å². The van der Waals surface area contributed by atoms with E-state index in [4.69, 9.17) is 4.74 Å². The lowest BCUT2D eigenvalue weighted by molar-refractivity contribution is -0.112. The van der Waals surface area contributed by atoms with Crippen molar-refractivity contribution < 1.29 is 4.74 Å². The summed E-state index contributed by atoms with van der Waals surface area (Å²) in [6.07, 6.45) is 15.7. The van der Waals surface area contributed by atoms with Gasteiger partial charge in [-0.1, -0.05) is 45.3 Å². The molecule has 0 aromatic rings. The van der Waals surface area contributed by atoms with Crippen LogP contribution in [0, 0.1) is 40.4 Å². The zero-order valence-electron chi connectivity index (χ0n) is 19.8. The van der Waals surface area contributed by atoms with Crippen LogP contribution in [0.15, 0.2) is 11.6 Å². The highest BCUT2D eigenvalue weighted by Crippen LogP contribution is 2.67. The number of allylic oxidation sites excluding steroid dienone is 2. The summed E-state index contributed by atoms with van der Waals surface area (Å²) < 4.78 is 6.83. The van der Waals surface area contributed by atoms with Gasteiger partial charge in [0.2, 0.25) is 0 Å². The molecule has 4 aliphatic rings. The minimum absolute atomic E-state index is 0.0358. The molecule has 1 heteroatoms. The van der Waals surface area contributed by atoms with Gasteiger partial charge in [-0.15, -0.1) is 0 Å². The first kappa shape index (κ1) is 21.0. The molecule has 0 aromatic heterocycles. The fourth-order valence-electron chi connectivity index (χ4n) is 8.68. The monoisotopic (exact) mass is 386 g/mol. The lowest BCUT2D eigenvalue weighted by Crippen LogP contribution is -2.49. The Labute approximate surface area is 175 Å². The highest BCUT2D eigenvalue weighted by molar-refractivity contribution is 5.24. The van der Waals surface area contributed by atoms with Crippen molar-refractivity contribution in [3.63, 3.8) is 0 Å². The topological polar surface area (TPSA) is 9.23 Å². The molecular weight excluding hydrogens is 340 g/mol. The van der Waals surface area contributed by atoms with Crippen LogP contribution in [0.2, 0.25) is 0 Å². The van der Waals surface area contributed by atoms with Crippen LogP contribution in [-0.2, 0) is 4.74 Å². The zero-order valence-corrected chi connectivity index (χ0v) is 19.8. The van der Waals surface area contributed by atoms with Crippen molar-refractivity contribution in [3.8, 4) is 0 Å². The Morgan fingerprint density at radius 2 is 1.75 bits per heavy atom. The van der Waals surface area contributed by atoms with E-state index in [2.05, 4.69) is 54.5 Å². The minimum Gasteiger partial charge on any atom is -0.372 e. The van der Waals surface area contributed by atoms with E-state index in [1.165, 1.54) is 57.8 Å². The van der Waals surface area contributed by atoms with Gasteiger partial charge in [0.15, 0.2) is 0 Å². The van der Waals surface area contributed by atoms with Gasteiger partial charge in [-0.3, -0.25) is 0 Å². The number of rotatable bonds is 1. The summed E-state index contributed by atoms with van der Waals surface area (Å²) in [7, 11) is 0. The molecule has 0 amide bonds. The second kappa shape index (κ2) is 7.14. The average molecular weight is 387 g/mol. The molecule has 0 N–H and O–H groups in total. The quantitative estimate of drug-likeness (QED) is 0.418. The first-order chi connectivity index (χ1) is 13.1. The summed E-state index contributed by atoms with van der Waals surface area (Å²) in [6.45, 7) is 17.0. The first-order valence-corrected chi connectivity index (χ1v) is 12.4. The van der Waals surface area contributed by atoms with Gasteiger partial charge in [0.05, 0.1) is 11.7 Å². The van der Waals surface area contributed by atoms with E-state index in [-0.39, 0.29) is 5.60 Å². The highest BCUT2D eigenvalue weighted by Gasteiger charge is 2.60. The van der Waals surface area contributed by atoms with Crippen molar-refractivity contribution in [1.29, 1.82) is 0 Å². The van der Waals surface area contributed by atoms with Crippen LogP contribution in [0.1, 0.15) is 106 Å². The third kappa shape index (κ3) is 3.23. The van der Waals surface area contributed by atoms with Crippen LogP contribution < -0.4 is 0 Å². The van der Waals surface area contributed by atoms with E-state index in [9.17, 15) is 0 Å². The highest BCUT2D eigenvalue weighted by atomic mass is 16.5. The molecule has 8 atom stereocenters. The van der Waals surface area contributed by atoms with E-state index in [0.29, 0.717) is 22.9 Å². The predicted molar refractivity (Wildman–Crippen MR) is 119 cm³/mol. The van der Waals surface area contributed by atoms with Gasteiger partial charge in [0.1, 0.15) is 0 Å². The Morgan fingerprint density at radius 1 is 1.00 bits per heavy atom. The number of fused-ring (bicyclic) bond motifs is 5. The molecule has 28 heavy (non-hydrogen) atoms. The van der Waals surface area contributed by atoms with Gasteiger partial charge in [-0.25, -0.2) is 0 Å². The summed E-state index contributed by atoms with van der Waals surface area (Å²) >= 11 is 0. The van der Waals surface area contributed by atoms with Crippen LogP contribution in [0.3, 0.4) is 0 Å². The number of ether oxygens (including phenoxy) is 1. The van der Waals surface area contributed by atoms with Gasteiger partial charge in [-0.05, 0) is 113 Å². The Morgan fingerprint density at radius 3 is 2.43 bits per heavy atom. The molecule has 0 spiro atoms. The molecule has 4 fully saturated rings. The number of hydrogen-bond acceptors (Lipinski definition) is 1. The summed E-state index contributed by atoms with van der Waals surface area (Å²) in [6, 6.07) is 0. The molecule has 4 saturated carbocycles. The van der Waals surface area contributed by atoms with E-state index in [1.807, 2.05) is 0 Å². The van der Waals surface area contributed by atoms with Crippen molar-refractivity contribution in [1.82, 2.24) is 0 Å². The largest absolute Gasteiger partial charge is 0.372 e. The van der Waals surface area contributed by atoms with E-state index in [1.54, 1.807) is 5.57 Å². The summed E-state index contributed by atoms with van der Waals surface area (Å²) in [5.41, 5.74) is 2.74. The summed E-state index contributed by atoms with van der Waals surface area (Å²) in [5.74, 6) is 4.19. The third-order valence-electron chi connectivity index (χ3n) is 10.0. The Bertz CT molecular complexity index is 612. The maximum atomic E-state index is 6.83. The predicted octanol–water partition coefficient (Wildman–Crippen LogP) is 7.80. The van der Waals surface area contributed by atoms with E-state index < -0.39 is 0 Å². The van der Waals surface area contributed by atoms with E-state index >= 15 is 0 Å². The molecular formula is C27H46O. The fraction of sp³-hybridized carbons (Fsp3) is 0.926. The third-order valence-corrected chi connectivity index (χ3v) is 10.0. The normalized spacial score (nSPS) is 50.6. The minimum atomic E-state index is -0.0358. The maximum Gasteiger partial charge on any atom is 0.0613 e. The molecule has 5 unspecified atom stereocenters. The standard InChI is InChI=1S/C27H46O/c1-8-19-12-13-21-24-18(2)23(28-25(3,4)5)17-20-11-9-10-15-26(20,6)22(24)14-16-27(19,21)7/h8,18,20-24H,9-17H2,1-7H3/b19-8-/t18?,20?,21?,22?,23-,24?,26-,27+/m0/s1. The van der Waals surface area contributed by atoms with Crippen molar-refractivity contribution >= 4 is 0 Å². The molecule has 4 aliphatic carbocycles. The molecule has 160 valence electrons. The fourth-order valence-corrected chi connectivity index (χ4v) is 8.68. The summed E-state index contributed by atoms with van der Waals surface area (Å²) in [5, 5.41) is 0. The smallest absolute Gasteiger partial charge is 0.0613 e. The molecule has 4 rings (SSSR count). The van der Waals surface area contributed by atoms with Crippen LogP contribution >= 0.6 is 0 Å². The van der Waals surface area contributed by atoms with Gasteiger partial charge < -0.3 is 4.74 Å². The van der Waals surface area contributed by atoms with Gasteiger partial charge in [0, 0.05) is 0 Å². The summed E-state index contributed by atoms with van der Waals surface area (Å²) in [4.78, 5) is 0. The SMILES string of the molecule is C/C=C1/CCC2C3C(C)[C@@H](OC(C)(C)C)CC4CCCC[C@]4(C)C3CC[C@]12C. The molecule has 0 saturated heterocycles. The number of hydrogen-bond donors (Lipinski definition) is 0. The van der Waals surface area contributed by atoms with Gasteiger partial charge in [-0.2, -0.15) is 0 Å². The Kier molecular flexibility index (Phi) is 5.34. The molecule has 1 nitrogen and oxygen atoms in total. The lowest BCUT2D eigenvalue weighted by atomic mass is 9.49. The zero-order chi connectivity index (χ0) is 20.3. The first-order valence-electron chi connectivity index (χ1n) is 12.4. The van der Waals surface area contributed by atoms with Crippen molar-refractivity contribution in [2.24, 2.45) is 40.4 Å². The molecule has 0 radical (unpaired) electrons. The maximum absolute atomic E-state index is 6.83. The van der Waals surface area contributed by atoms with Crippen LogP contribution in [0.4, 0.5) is 0 Å². The molecule has 0 heterocycles. The second-order valence-electron chi connectivity index (χ2n) is 12.4. The van der Waals surface area contributed by atoms with Gasteiger partial charge in [0.25, 0.3) is 0 Å². The van der Waals surface area contributed by atoms with Crippen molar-refractivity contribution in [2.45, 2.75) is 118 Å². The molecule has 0 aliphatic heterocycles. The Balaban J connectivity index is 1.76. The lowest BCUT2D eigenvalue weighted by Gasteiger charge is -2.56. The second-order valence-corrected chi connectivity index (χ2v) is 12.4. The molecule has 0 aromatic carbocycles. The molecule has 0 bridgehead atoms. The average Bonchev–Trinajstić information content (AvgIpc) is 2.92. The van der Waals surface area contributed by atoms with Crippen LogP contribution in [-0.4, -0.2) is 11.7 Å². The van der Waals surface area contributed by atoms with Crippen LogP contribution in [0.5, 0.6) is 0 Å². The van der Waals surface area contributed by atoms with Crippen molar-refractivity contribution in [3.05, 3.63) is 11.6 Å². The van der Waals surface area contributed by atoms with Gasteiger partial charge >= 0.3 is 0 Å². The van der Waals surface area contributed by atoms with Crippen molar-refractivity contribution in [2.75, 3.05) is 0 Å². The van der Waals surface area contributed by atoms with Crippen LogP contribution in [0.25, 0.3) is 0 Å².